The van der Waals surface area contributed by atoms with Gasteiger partial charge in [-0.3, -0.25) is 4.79 Å². The third-order valence-corrected chi connectivity index (χ3v) is 5.36. The van der Waals surface area contributed by atoms with Gasteiger partial charge in [0, 0.05) is 12.0 Å². The molecular formula is C21H18N2O2S. The van der Waals surface area contributed by atoms with E-state index in [-0.39, 0.29) is 11.9 Å². The number of amides is 1. The van der Waals surface area contributed by atoms with Crippen molar-refractivity contribution in [1.29, 1.82) is 0 Å². The van der Waals surface area contributed by atoms with Crippen molar-refractivity contribution in [3.8, 4) is 5.75 Å². The fourth-order valence-electron chi connectivity index (χ4n) is 3.09. The molecule has 0 saturated heterocycles. The van der Waals surface area contributed by atoms with Crippen molar-refractivity contribution in [3.05, 3.63) is 88.1 Å². The summed E-state index contributed by atoms with van der Waals surface area (Å²) in [5.74, 6) is 0.713. The molecule has 0 bridgehead atoms. The number of hydrogen-bond donors (Lipinski definition) is 0. The molecule has 130 valence electrons. The molecule has 1 aliphatic heterocycles. The Balaban J connectivity index is 1.70. The van der Waals surface area contributed by atoms with Crippen LogP contribution in [0.2, 0.25) is 0 Å². The van der Waals surface area contributed by atoms with Gasteiger partial charge in [-0.25, -0.2) is 5.01 Å². The van der Waals surface area contributed by atoms with Crippen LogP contribution in [0.4, 0.5) is 0 Å². The van der Waals surface area contributed by atoms with Crippen molar-refractivity contribution >= 4 is 23.0 Å². The highest BCUT2D eigenvalue weighted by Gasteiger charge is 2.33. The van der Waals surface area contributed by atoms with Crippen LogP contribution in [0, 0.1) is 0 Å². The zero-order valence-corrected chi connectivity index (χ0v) is 15.1. The Morgan fingerprint density at radius 1 is 1.08 bits per heavy atom. The minimum absolute atomic E-state index is 0.0852. The van der Waals surface area contributed by atoms with Gasteiger partial charge < -0.3 is 4.74 Å². The maximum atomic E-state index is 13.1. The van der Waals surface area contributed by atoms with Gasteiger partial charge in [0.1, 0.15) is 5.75 Å². The second-order valence-electron chi connectivity index (χ2n) is 6.03. The first-order valence-electron chi connectivity index (χ1n) is 8.40. The van der Waals surface area contributed by atoms with Gasteiger partial charge in [0.2, 0.25) is 0 Å². The smallest absolute Gasteiger partial charge is 0.274 e. The Bertz CT molecular complexity index is 918. The first-order valence-corrected chi connectivity index (χ1v) is 9.28. The number of ether oxygens (including phenoxy) is 1. The van der Waals surface area contributed by atoms with Crippen LogP contribution in [0.5, 0.6) is 5.75 Å². The van der Waals surface area contributed by atoms with Gasteiger partial charge in [0.15, 0.2) is 0 Å². The lowest BCUT2D eigenvalue weighted by molar-refractivity contribution is 0.0711. The predicted octanol–water partition coefficient (Wildman–Crippen LogP) is 4.75. The summed E-state index contributed by atoms with van der Waals surface area (Å²) >= 11 is 1.64. The van der Waals surface area contributed by atoms with Gasteiger partial charge in [-0.2, -0.15) is 5.10 Å². The molecule has 1 aromatic heterocycles. The highest BCUT2D eigenvalue weighted by molar-refractivity contribution is 7.12. The Kier molecular flexibility index (Phi) is 4.54. The number of hydrazone groups is 1. The predicted molar refractivity (Wildman–Crippen MR) is 104 cm³/mol. The van der Waals surface area contributed by atoms with Crippen molar-refractivity contribution in [2.75, 3.05) is 7.11 Å². The van der Waals surface area contributed by atoms with Crippen molar-refractivity contribution < 1.29 is 9.53 Å². The van der Waals surface area contributed by atoms with E-state index >= 15 is 0 Å². The fraction of sp³-hybridized carbons (Fsp3) is 0.143. The molecule has 4 nitrogen and oxygen atoms in total. The van der Waals surface area contributed by atoms with E-state index in [1.54, 1.807) is 23.5 Å². The summed E-state index contributed by atoms with van der Waals surface area (Å²) in [6.45, 7) is 0. The zero-order valence-electron chi connectivity index (χ0n) is 14.3. The van der Waals surface area contributed by atoms with Crippen LogP contribution < -0.4 is 4.74 Å². The van der Waals surface area contributed by atoms with Crippen LogP contribution >= 0.6 is 11.3 Å². The molecule has 26 heavy (non-hydrogen) atoms. The third kappa shape index (κ3) is 3.13. The molecule has 0 radical (unpaired) electrons. The molecule has 3 aromatic rings. The van der Waals surface area contributed by atoms with Crippen molar-refractivity contribution in [3.63, 3.8) is 0 Å². The van der Waals surface area contributed by atoms with Crippen LogP contribution in [0.3, 0.4) is 0 Å². The normalized spacial score (nSPS) is 16.4. The quantitative estimate of drug-likeness (QED) is 0.672. The second kappa shape index (κ2) is 7.14. The largest absolute Gasteiger partial charge is 0.497 e. The summed E-state index contributed by atoms with van der Waals surface area (Å²) in [6.07, 6.45) is 0.700. The Morgan fingerprint density at radius 2 is 1.85 bits per heavy atom. The molecular weight excluding hydrogens is 344 g/mol. The van der Waals surface area contributed by atoms with E-state index < -0.39 is 0 Å². The summed E-state index contributed by atoms with van der Waals surface area (Å²) in [5, 5.41) is 8.33. The highest BCUT2D eigenvalue weighted by atomic mass is 32.1. The summed E-state index contributed by atoms with van der Waals surface area (Å²) < 4.78 is 5.25. The molecule has 1 unspecified atom stereocenters. The average molecular weight is 362 g/mol. The Hall–Kier alpha value is -2.92. The summed E-state index contributed by atoms with van der Waals surface area (Å²) in [4.78, 5) is 14.2. The second-order valence-corrected chi connectivity index (χ2v) is 6.98. The van der Waals surface area contributed by atoms with Gasteiger partial charge in [-0.1, -0.05) is 36.4 Å². The van der Waals surface area contributed by atoms with Crippen LogP contribution in [0.1, 0.15) is 33.3 Å². The van der Waals surface area contributed by atoms with Crippen molar-refractivity contribution in [1.82, 2.24) is 5.01 Å². The van der Waals surface area contributed by atoms with E-state index in [1.165, 1.54) is 0 Å². The lowest BCUT2D eigenvalue weighted by Crippen LogP contribution is -2.27. The number of hydrogen-bond acceptors (Lipinski definition) is 4. The van der Waals surface area contributed by atoms with E-state index in [2.05, 4.69) is 5.10 Å². The first kappa shape index (κ1) is 16.5. The van der Waals surface area contributed by atoms with Crippen LogP contribution in [-0.2, 0) is 0 Å². The van der Waals surface area contributed by atoms with Gasteiger partial charge in [0.05, 0.1) is 23.7 Å². The summed E-state index contributed by atoms with van der Waals surface area (Å²) in [7, 11) is 1.65. The topological polar surface area (TPSA) is 41.9 Å². The molecule has 0 saturated carbocycles. The number of carbonyl (C=O) groups excluding carboxylic acids is 1. The van der Waals surface area contributed by atoms with Crippen molar-refractivity contribution in [2.45, 2.75) is 12.5 Å². The van der Waals surface area contributed by atoms with E-state index in [0.717, 1.165) is 21.9 Å². The molecule has 1 atom stereocenters. The van der Waals surface area contributed by atoms with E-state index in [9.17, 15) is 4.79 Å². The number of methoxy groups -OCH3 is 1. The van der Waals surface area contributed by atoms with E-state index in [1.807, 2.05) is 72.1 Å². The Labute approximate surface area is 156 Å². The SMILES string of the molecule is COc1ccc(C2CC(c3cccs3)=NN2C(=O)c2ccccc2)cc1. The molecule has 2 aromatic carbocycles. The van der Waals surface area contributed by atoms with Gasteiger partial charge in [-0.05, 0) is 41.3 Å². The highest BCUT2D eigenvalue weighted by Crippen LogP contribution is 2.35. The van der Waals surface area contributed by atoms with Crippen molar-refractivity contribution in [2.24, 2.45) is 5.10 Å². The first-order chi connectivity index (χ1) is 12.8. The number of rotatable bonds is 4. The standard InChI is InChI=1S/C21H18N2O2S/c1-25-17-11-9-15(10-12-17)19-14-18(20-8-5-13-26-20)22-23(19)21(24)16-6-3-2-4-7-16/h2-13,19H,14H2,1H3. The molecule has 0 aliphatic carbocycles. The zero-order chi connectivity index (χ0) is 17.9. The number of carbonyl (C=O) groups is 1. The number of benzene rings is 2. The average Bonchev–Trinajstić information content (AvgIpc) is 3.38. The maximum absolute atomic E-state index is 13.1. The molecule has 0 spiro atoms. The van der Waals surface area contributed by atoms with E-state index in [0.29, 0.717) is 12.0 Å². The molecule has 0 N–H and O–H groups in total. The molecule has 2 heterocycles. The third-order valence-electron chi connectivity index (χ3n) is 4.45. The Morgan fingerprint density at radius 3 is 2.50 bits per heavy atom. The van der Waals surface area contributed by atoms with Crippen LogP contribution in [-0.4, -0.2) is 23.7 Å². The summed E-state index contributed by atoms with van der Waals surface area (Å²) in [6, 6.07) is 21.1. The molecule has 0 fully saturated rings. The minimum Gasteiger partial charge on any atom is -0.497 e. The fourth-order valence-corrected chi connectivity index (χ4v) is 3.81. The van der Waals surface area contributed by atoms with Crippen LogP contribution in [0.15, 0.2) is 77.2 Å². The number of nitrogens with zero attached hydrogens (tertiary/aromatic N) is 2. The van der Waals surface area contributed by atoms with Gasteiger partial charge in [0.25, 0.3) is 5.91 Å². The molecule has 4 rings (SSSR count). The molecule has 1 amide bonds. The molecule has 1 aliphatic rings. The van der Waals surface area contributed by atoms with Crippen LogP contribution in [0.25, 0.3) is 0 Å². The molecule has 5 heteroatoms. The van der Waals surface area contributed by atoms with Gasteiger partial charge >= 0.3 is 0 Å². The lowest BCUT2D eigenvalue weighted by Gasteiger charge is -2.22. The summed E-state index contributed by atoms with van der Waals surface area (Å²) in [5.41, 5.74) is 2.64. The number of thiophene rings is 1. The van der Waals surface area contributed by atoms with E-state index in [4.69, 9.17) is 4.74 Å². The maximum Gasteiger partial charge on any atom is 0.274 e. The minimum atomic E-state index is -0.120. The lowest BCUT2D eigenvalue weighted by atomic mass is 10.0. The monoisotopic (exact) mass is 362 g/mol. The van der Waals surface area contributed by atoms with Gasteiger partial charge in [-0.15, -0.1) is 11.3 Å².